The Labute approximate surface area is 119 Å². The Kier molecular flexibility index (Phi) is 5.61. The molecule has 1 aliphatic heterocycles. The van der Waals surface area contributed by atoms with Crippen LogP contribution < -0.4 is 5.32 Å². The van der Waals surface area contributed by atoms with Crippen molar-refractivity contribution in [2.75, 3.05) is 13.2 Å². The van der Waals surface area contributed by atoms with E-state index in [4.69, 9.17) is 16.3 Å². The summed E-state index contributed by atoms with van der Waals surface area (Å²) in [5.41, 5.74) is 0.978. The summed E-state index contributed by atoms with van der Waals surface area (Å²) >= 11 is 5.71. The van der Waals surface area contributed by atoms with Gasteiger partial charge in [-0.3, -0.25) is 0 Å². The van der Waals surface area contributed by atoms with Gasteiger partial charge in [0.15, 0.2) is 0 Å². The lowest BCUT2D eigenvalue weighted by Crippen LogP contribution is -2.34. The summed E-state index contributed by atoms with van der Waals surface area (Å²) in [6.45, 7) is 3.87. The van der Waals surface area contributed by atoms with Gasteiger partial charge in [0.2, 0.25) is 0 Å². The zero-order valence-electron chi connectivity index (χ0n) is 11.3. The first kappa shape index (κ1) is 14.8. The molecule has 4 heteroatoms. The molecule has 2 unspecified atom stereocenters. The number of rotatable bonds is 6. The van der Waals surface area contributed by atoms with Gasteiger partial charge in [-0.15, -0.1) is 0 Å². The molecule has 2 atom stereocenters. The molecule has 2 nitrogen and oxygen atoms in total. The van der Waals surface area contributed by atoms with Gasteiger partial charge in [0.25, 0.3) is 0 Å². The van der Waals surface area contributed by atoms with Crippen LogP contribution in [-0.2, 0) is 11.2 Å². The minimum absolute atomic E-state index is 0.183. The van der Waals surface area contributed by atoms with Gasteiger partial charge in [-0.1, -0.05) is 24.6 Å². The quantitative estimate of drug-likeness (QED) is 0.863. The monoisotopic (exact) mass is 285 g/mol. The molecule has 2 rings (SSSR count). The molecule has 0 aliphatic carbocycles. The largest absolute Gasteiger partial charge is 0.378 e. The molecule has 1 fully saturated rings. The third-order valence-corrected chi connectivity index (χ3v) is 3.84. The predicted molar refractivity (Wildman–Crippen MR) is 76.2 cm³/mol. The van der Waals surface area contributed by atoms with E-state index in [1.54, 1.807) is 6.07 Å². The Morgan fingerprint density at radius 1 is 1.53 bits per heavy atom. The molecule has 19 heavy (non-hydrogen) atoms. The van der Waals surface area contributed by atoms with Crippen LogP contribution in [0.25, 0.3) is 0 Å². The highest BCUT2D eigenvalue weighted by Crippen LogP contribution is 2.21. The number of halogens is 2. The SMILES string of the molecule is CCNC(Cc1ccc(Cl)c(F)c1)CC1CCCO1. The molecule has 0 bridgehead atoms. The zero-order valence-corrected chi connectivity index (χ0v) is 12.0. The van der Waals surface area contributed by atoms with Crippen LogP contribution in [0.5, 0.6) is 0 Å². The molecule has 106 valence electrons. The fourth-order valence-corrected chi connectivity index (χ4v) is 2.74. The van der Waals surface area contributed by atoms with Gasteiger partial charge in [-0.05, 0) is 49.9 Å². The average Bonchev–Trinajstić information content (AvgIpc) is 2.87. The van der Waals surface area contributed by atoms with E-state index in [0.29, 0.717) is 12.1 Å². The molecule has 0 amide bonds. The van der Waals surface area contributed by atoms with E-state index < -0.39 is 0 Å². The van der Waals surface area contributed by atoms with Gasteiger partial charge in [0.05, 0.1) is 11.1 Å². The molecule has 1 aromatic rings. The van der Waals surface area contributed by atoms with Gasteiger partial charge in [-0.2, -0.15) is 0 Å². The van der Waals surface area contributed by atoms with Crippen LogP contribution in [0.2, 0.25) is 5.02 Å². The number of nitrogens with one attached hydrogen (secondary N) is 1. The number of hydrogen-bond acceptors (Lipinski definition) is 2. The highest BCUT2D eigenvalue weighted by molar-refractivity contribution is 6.30. The predicted octanol–water partition coefficient (Wildman–Crippen LogP) is 3.57. The van der Waals surface area contributed by atoms with Crippen LogP contribution in [0.1, 0.15) is 31.7 Å². The molecule has 1 saturated heterocycles. The first-order chi connectivity index (χ1) is 9.19. The van der Waals surface area contributed by atoms with E-state index in [1.165, 1.54) is 6.07 Å². The summed E-state index contributed by atoms with van der Waals surface area (Å²) in [7, 11) is 0. The highest BCUT2D eigenvalue weighted by Gasteiger charge is 2.20. The molecular formula is C15H21ClFNO. The van der Waals surface area contributed by atoms with Crippen molar-refractivity contribution in [3.63, 3.8) is 0 Å². The Morgan fingerprint density at radius 3 is 3.00 bits per heavy atom. The maximum Gasteiger partial charge on any atom is 0.142 e. The fraction of sp³-hybridized carbons (Fsp3) is 0.600. The molecular weight excluding hydrogens is 265 g/mol. The van der Waals surface area contributed by atoms with E-state index in [9.17, 15) is 4.39 Å². The second-order valence-electron chi connectivity index (χ2n) is 5.08. The zero-order chi connectivity index (χ0) is 13.7. The summed E-state index contributed by atoms with van der Waals surface area (Å²) in [5, 5.41) is 3.64. The summed E-state index contributed by atoms with van der Waals surface area (Å²) < 4.78 is 19.1. The fourth-order valence-electron chi connectivity index (χ4n) is 2.63. The van der Waals surface area contributed by atoms with Gasteiger partial charge in [0.1, 0.15) is 5.82 Å². The van der Waals surface area contributed by atoms with Crippen molar-refractivity contribution >= 4 is 11.6 Å². The molecule has 0 spiro atoms. The van der Waals surface area contributed by atoms with Crippen LogP contribution in [0, 0.1) is 5.82 Å². The van der Waals surface area contributed by atoms with Gasteiger partial charge in [0, 0.05) is 12.6 Å². The van der Waals surface area contributed by atoms with E-state index >= 15 is 0 Å². The number of hydrogen-bond donors (Lipinski definition) is 1. The Balaban J connectivity index is 1.96. The summed E-state index contributed by atoms with van der Waals surface area (Å²) in [6, 6.07) is 5.38. The number of benzene rings is 1. The Morgan fingerprint density at radius 2 is 2.37 bits per heavy atom. The lowest BCUT2D eigenvalue weighted by molar-refractivity contribution is 0.0947. The second kappa shape index (κ2) is 7.22. The van der Waals surface area contributed by atoms with Crippen LogP contribution >= 0.6 is 11.6 Å². The number of likely N-dealkylation sites (N-methyl/N-ethyl adjacent to an activating group) is 1. The first-order valence-corrected chi connectivity index (χ1v) is 7.35. The normalized spacial score (nSPS) is 20.7. The minimum Gasteiger partial charge on any atom is -0.378 e. The van der Waals surface area contributed by atoms with E-state index in [1.807, 2.05) is 6.07 Å². The lowest BCUT2D eigenvalue weighted by atomic mass is 9.99. The van der Waals surface area contributed by atoms with Crippen LogP contribution in [0.3, 0.4) is 0 Å². The van der Waals surface area contributed by atoms with Crippen molar-refractivity contribution in [2.24, 2.45) is 0 Å². The molecule has 1 aliphatic rings. The van der Waals surface area contributed by atoms with E-state index in [0.717, 1.165) is 44.4 Å². The second-order valence-corrected chi connectivity index (χ2v) is 5.49. The molecule has 1 N–H and O–H groups in total. The average molecular weight is 286 g/mol. The molecule has 0 aromatic heterocycles. The summed E-state index contributed by atoms with van der Waals surface area (Å²) in [5.74, 6) is -0.341. The van der Waals surface area contributed by atoms with Crippen molar-refractivity contribution in [2.45, 2.75) is 44.8 Å². The molecule has 1 heterocycles. The van der Waals surface area contributed by atoms with Crippen LogP contribution in [-0.4, -0.2) is 25.3 Å². The van der Waals surface area contributed by atoms with Crippen molar-refractivity contribution in [3.8, 4) is 0 Å². The van der Waals surface area contributed by atoms with Crippen LogP contribution in [0.4, 0.5) is 4.39 Å². The van der Waals surface area contributed by atoms with Crippen molar-refractivity contribution < 1.29 is 9.13 Å². The maximum atomic E-state index is 13.4. The Bertz CT molecular complexity index is 407. The van der Waals surface area contributed by atoms with Gasteiger partial charge < -0.3 is 10.1 Å². The summed E-state index contributed by atoms with van der Waals surface area (Å²) in [6.07, 6.45) is 4.43. The molecule has 0 saturated carbocycles. The third kappa shape index (κ3) is 4.44. The minimum atomic E-state index is -0.341. The van der Waals surface area contributed by atoms with Crippen LogP contribution in [0.15, 0.2) is 18.2 Å². The van der Waals surface area contributed by atoms with Gasteiger partial charge in [-0.25, -0.2) is 4.39 Å². The van der Waals surface area contributed by atoms with Crippen molar-refractivity contribution in [1.29, 1.82) is 0 Å². The maximum absolute atomic E-state index is 13.4. The highest BCUT2D eigenvalue weighted by atomic mass is 35.5. The number of ether oxygens (including phenoxy) is 1. The standard InChI is InChI=1S/C15H21ClFNO/c1-2-18-12(10-13-4-3-7-19-13)8-11-5-6-14(16)15(17)9-11/h5-6,9,12-13,18H,2-4,7-8,10H2,1H3. The Hall–Kier alpha value is -0.640. The van der Waals surface area contributed by atoms with E-state index in [-0.39, 0.29) is 10.8 Å². The molecule has 1 aromatic carbocycles. The van der Waals surface area contributed by atoms with E-state index in [2.05, 4.69) is 12.2 Å². The summed E-state index contributed by atoms with van der Waals surface area (Å²) in [4.78, 5) is 0. The van der Waals surface area contributed by atoms with Crippen molar-refractivity contribution in [3.05, 3.63) is 34.6 Å². The smallest absolute Gasteiger partial charge is 0.142 e. The lowest BCUT2D eigenvalue weighted by Gasteiger charge is -2.21. The van der Waals surface area contributed by atoms with Gasteiger partial charge >= 0.3 is 0 Å². The van der Waals surface area contributed by atoms with Crippen molar-refractivity contribution in [1.82, 2.24) is 5.32 Å². The third-order valence-electron chi connectivity index (χ3n) is 3.53. The topological polar surface area (TPSA) is 21.3 Å². The first-order valence-electron chi connectivity index (χ1n) is 6.98. The molecule has 0 radical (unpaired) electrons.